The number of nitrogens with zero attached hydrogens (tertiary/aromatic N) is 1. The predicted molar refractivity (Wildman–Crippen MR) is 76.6 cm³/mol. The van der Waals surface area contributed by atoms with Gasteiger partial charge in [-0.25, -0.2) is 0 Å². The van der Waals surface area contributed by atoms with E-state index in [0.717, 1.165) is 50.7 Å². The molecule has 0 aliphatic carbocycles. The zero-order chi connectivity index (χ0) is 13.4. The van der Waals surface area contributed by atoms with Crippen molar-refractivity contribution in [2.75, 3.05) is 19.6 Å². The van der Waals surface area contributed by atoms with Crippen molar-refractivity contribution in [2.45, 2.75) is 40.3 Å². The Morgan fingerprint density at radius 3 is 2.83 bits per heavy atom. The lowest BCUT2D eigenvalue weighted by Gasteiger charge is -2.18. The third-order valence-electron chi connectivity index (χ3n) is 2.91. The summed E-state index contributed by atoms with van der Waals surface area (Å²) in [7, 11) is 0. The summed E-state index contributed by atoms with van der Waals surface area (Å²) < 4.78 is 5.90. The van der Waals surface area contributed by atoms with Crippen molar-refractivity contribution in [1.29, 1.82) is 0 Å². The van der Waals surface area contributed by atoms with E-state index in [2.05, 4.69) is 43.6 Å². The molecule has 0 saturated heterocycles. The van der Waals surface area contributed by atoms with Crippen LogP contribution in [-0.4, -0.2) is 24.5 Å². The molecule has 3 nitrogen and oxygen atoms in total. The molecule has 0 aliphatic rings. The fraction of sp³-hybridized carbons (Fsp3) is 0.600. The minimum Gasteiger partial charge on any atom is -0.463 e. The molecule has 0 bridgehead atoms. The molecule has 0 unspecified atom stereocenters. The Balaban J connectivity index is 2.62. The molecule has 0 atom stereocenters. The van der Waals surface area contributed by atoms with E-state index >= 15 is 0 Å². The summed E-state index contributed by atoms with van der Waals surface area (Å²) in [5, 5.41) is 3.30. The quantitative estimate of drug-likeness (QED) is 0.683. The average molecular weight is 250 g/mol. The predicted octanol–water partition coefficient (Wildman–Crippen LogP) is 3.10. The summed E-state index contributed by atoms with van der Waals surface area (Å²) in [5.74, 6) is 2.11. The first-order valence-electron chi connectivity index (χ1n) is 6.83. The molecule has 1 heterocycles. The molecule has 1 aromatic rings. The average Bonchev–Trinajstić information content (AvgIpc) is 2.67. The summed E-state index contributed by atoms with van der Waals surface area (Å²) >= 11 is 0. The Hall–Kier alpha value is -1.06. The first-order valence-corrected chi connectivity index (χ1v) is 6.83. The van der Waals surface area contributed by atoms with Crippen LogP contribution in [0.1, 0.15) is 37.4 Å². The van der Waals surface area contributed by atoms with Crippen LogP contribution in [0, 0.1) is 6.92 Å². The molecule has 0 fully saturated rings. The van der Waals surface area contributed by atoms with Crippen LogP contribution in [0.4, 0.5) is 0 Å². The zero-order valence-corrected chi connectivity index (χ0v) is 12.0. The van der Waals surface area contributed by atoms with Crippen molar-refractivity contribution < 1.29 is 4.42 Å². The molecule has 18 heavy (non-hydrogen) atoms. The first kappa shape index (κ1) is 15.0. The molecular weight excluding hydrogens is 224 g/mol. The minimum absolute atomic E-state index is 0.817. The van der Waals surface area contributed by atoms with Crippen LogP contribution in [0.2, 0.25) is 0 Å². The molecule has 0 saturated carbocycles. The molecule has 1 aromatic heterocycles. The van der Waals surface area contributed by atoms with Gasteiger partial charge in [-0.15, -0.1) is 6.58 Å². The van der Waals surface area contributed by atoms with Gasteiger partial charge < -0.3 is 9.73 Å². The van der Waals surface area contributed by atoms with Crippen LogP contribution < -0.4 is 5.32 Å². The number of furan rings is 1. The zero-order valence-electron chi connectivity index (χ0n) is 12.0. The van der Waals surface area contributed by atoms with Crippen molar-refractivity contribution in [3.05, 3.63) is 35.8 Å². The topological polar surface area (TPSA) is 28.4 Å². The Labute approximate surface area is 111 Å². The second-order valence-electron chi connectivity index (χ2n) is 4.62. The number of rotatable bonds is 9. The van der Waals surface area contributed by atoms with E-state index in [0.29, 0.717) is 0 Å². The van der Waals surface area contributed by atoms with Crippen LogP contribution in [0.5, 0.6) is 0 Å². The fourth-order valence-electron chi connectivity index (χ4n) is 2.04. The van der Waals surface area contributed by atoms with Crippen molar-refractivity contribution in [3.63, 3.8) is 0 Å². The van der Waals surface area contributed by atoms with Crippen molar-refractivity contribution in [1.82, 2.24) is 10.2 Å². The van der Waals surface area contributed by atoms with Crippen LogP contribution >= 0.6 is 0 Å². The van der Waals surface area contributed by atoms with Crippen LogP contribution in [0.25, 0.3) is 0 Å². The van der Waals surface area contributed by atoms with Gasteiger partial charge in [0.05, 0.1) is 13.1 Å². The smallest absolute Gasteiger partial charge is 0.120 e. The first-order chi connectivity index (χ1) is 8.71. The van der Waals surface area contributed by atoms with E-state index in [1.807, 2.05) is 6.08 Å². The summed E-state index contributed by atoms with van der Waals surface area (Å²) in [6.07, 6.45) is 3.10. The highest BCUT2D eigenvalue weighted by Crippen LogP contribution is 2.16. The van der Waals surface area contributed by atoms with E-state index in [9.17, 15) is 0 Å². The lowest BCUT2D eigenvalue weighted by molar-refractivity contribution is 0.264. The SMILES string of the molecule is C=CCN(CCC)Cc1cc(C)c(CNCC)o1. The standard InChI is InChI=1S/C15H26N2O/c1-5-8-17(9-6-2)12-14-10-13(4)15(18-14)11-16-7-3/h5,10,16H,1,6-9,11-12H2,2-4H3. The molecule has 0 aliphatic heterocycles. The minimum atomic E-state index is 0.817. The van der Waals surface area contributed by atoms with Gasteiger partial charge in [0, 0.05) is 6.54 Å². The van der Waals surface area contributed by atoms with E-state index in [1.54, 1.807) is 0 Å². The Kier molecular flexibility index (Phi) is 6.76. The molecule has 0 aromatic carbocycles. The summed E-state index contributed by atoms with van der Waals surface area (Å²) in [6, 6.07) is 2.15. The highest BCUT2D eigenvalue weighted by molar-refractivity contribution is 5.20. The van der Waals surface area contributed by atoms with Gasteiger partial charge >= 0.3 is 0 Å². The Morgan fingerprint density at radius 2 is 2.22 bits per heavy atom. The maximum Gasteiger partial charge on any atom is 0.120 e. The highest BCUT2D eigenvalue weighted by atomic mass is 16.3. The van der Waals surface area contributed by atoms with Crippen molar-refractivity contribution in [3.8, 4) is 0 Å². The molecule has 0 spiro atoms. The largest absolute Gasteiger partial charge is 0.463 e. The summed E-state index contributed by atoms with van der Waals surface area (Å²) in [4.78, 5) is 2.35. The van der Waals surface area contributed by atoms with E-state index in [1.165, 1.54) is 5.56 Å². The number of hydrogen-bond acceptors (Lipinski definition) is 3. The van der Waals surface area contributed by atoms with E-state index in [-0.39, 0.29) is 0 Å². The number of aryl methyl sites for hydroxylation is 1. The molecule has 1 N–H and O–H groups in total. The van der Waals surface area contributed by atoms with Crippen LogP contribution in [-0.2, 0) is 13.1 Å². The van der Waals surface area contributed by atoms with Crippen molar-refractivity contribution >= 4 is 0 Å². The van der Waals surface area contributed by atoms with Gasteiger partial charge in [-0.3, -0.25) is 4.90 Å². The third kappa shape index (κ3) is 4.67. The summed E-state index contributed by atoms with van der Waals surface area (Å²) in [5.41, 5.74) is 1.24. The number of hydrogen-bond donors (Lipinski definition) is 1. The van der Waals surface area contributed by atoms with Gasteiger partial charge in [0.15, 0.2) is 0 Å². The van der Waals surface area contributed by atoms with Gasteiger partial charge in [-0.1, -0.05) is 19.9 Å². The van der Waals surface area contributed by atoms with E-state index < -0.39 is 0 Å². The molecule has 0 amide bonds. The second-order valence-corrected chi connectivity index (χ2v) is 4.62. The maximum absolute atomic E-state index is 5.90. The van der Waals surface area contributed by atoms with Gasteiger partial charge in [0.1, 0.15) is 11.5 Å². The lowest BCUT2D eigenvalue weighted by Crippen LogP contribution is -2.23. The van der Waals surface area contributed by atoms with Gasteiger partial charge in [-0.05, 0) is 38.1 Å². The lowest BCUT2D eigenvalue weighted by atomic mass is 10.2. The Morgan fingerprint density at radius 1 is 1.44 bits per heavy atom. The van der Waals surface area contributed by atoms with Gasteiger partial charge in [0.25, 0.3) is 0 Å². The van der Waals surface area contributed by atoms with Crippen LogP contribution in [0.3, 0.4) is 0 Å². The molecule has 0 radical (unpaired) electrons. The maximum atomic E-state index is 5.90. The molecule has 1 rings (SSSR count). The third-order valence-corrected chi connectivity index (χ3v) is 2.91. The second kappa shape index (κ2) is 8.11. The van der Waals surface area contributed by atoms with Gasteiger partial charge in [0.2, 0.25) is 0 Å². The van der Waals surface area contributed by atoms with Gasteiger partial charge in [-0.2, -0.15) is 0 Å². The Bertz CT molecular complexity index is 357. The normalized spacial score (nSPS) is 11.1. The van der Waals surface area contributed by atoms with Crippen molar-refractivity contribution in [2.24, 2.45) is 0 Å². The molecule has 102 valence electrons. The molecular formula is C15H26N2O. The highest BCUT2D eigenvalue weighted by Gasteiger charge is 2.10. The fourth-order valence-corrected chi connectivity index (χ4v) is 2.04. The van der Waals surface area contributed by atoms with Crippen LogP contribution in [0.15, 0.2) is 23.1 Å². The monoisotopic (exact) mass is 250 g/mol. The number of nitrogens with one attached hydrogen (secondary N) is 1. The molecule has 3 heteroatoms. The summed E-state index contributed by atoms with van der Waals surface area (Å²) in [6.45, 7) is 14.9. The van der Waals surface area contributed by atoms with E-state index in [4.69, 9.17) is 4.42 Å².